The molecule has 1 aliphatic heterocycles. The van der Waals surface area contributed by atoms with E-state index in [-0.39, 0.29) is 11.8 Å². The van der Waals surface area contributed by atoms with Crippen molar-refractivity contribution >= 4 is 23.5 Å². The van der Waals surface area contributed by atoms with Gasteiger partial charge >= 0.3 is 6.03 Å². The molecule has 0 saturated carbocycles. The number of anilines is 2. The van der Waals surface area contributed by atoms with E-state index in [1.165, 1.54) is 24.0 Å². The first kappa shape index (κ1) is 17.9. The quantitative estimate of drug-likeness (QED) is 0.885. The number of halogens is 1. The van der Waals surface area contributed by atoms with E-state index in [2.05, 4.69) is 27.5 Å². The van der Waals surface area contributed by atoms with Gasteiger partial charge in [0.15, 0.2) is 0 Å². The molecule has 0 bridgehead atoms. The minimum atomic E-state index is -0.323. The Morgan fingerprint density at radius 2 is 1.65 bits per heavy atom. The maximum atomic E-state index is 12.8. The van der Waals surface area contributed by atoms with E-state index in [4.69, 9.17) is 0 Å². The zero-order valence-electron chi connectivity index (χ0n) is 14.8. The Morgan fingerprint density at radius 3 is 2.31 bits per heavy atom. The Bertz CT molecular complexity index is 750. The smallest absolute Gasteiger partial charge is 0.323 e. The van der Waals surface area contributed by atoms with Crippen molar-refractivity contribution in [3.63, 3.8) is 0 Å². The molecule has 3 rings (SSSR count). The van der Waals surface area contributed by atoms with Crippen molar-refractivity contribution < 1.29 is 9.18 Å². The average molecular weight is 354 g/mol. The fourth-order valence-corrected chi connectivity index (χ4v) is 2.77. The van der Waals surface area contributed by atoms with E-state index < -0.39 is 0 Å². The Balaban J connectivity index is 1.49. The number of hydrogen-bond acceptors (Lipinski definition) is 3. The molecule has 6 heteroatoms. The van der Waals surface area contributed by atoms with Crippen LogP contribution in [0, 0.1) is 5.82 Å². The summed E-state index contributed by atoms with van der Waals surface area (Å²) in [5, 5.41) is 5.42. The summed E-state index contributed by atoms with van der Waals surface area (Å²) in [6.45, 7) is 4.14. The monoisotopic (exact) mass is 354 g/mol. The van der Waals surface area contributed by atoms with E-state index in [0.29, 0.717) is 0 Å². The molecule has 5 nitrogen and oxygen atoms in total. The molecule has 0 aliphatic carbocycles. The molecule has 2 aromatic rings. The highest BCUT2D eigenvalue weighted by Crippen LogP contribution is 2.19. The van der Waals surface area contributed by atoms with Crippen LogP contribution in [0.2, 0.25) is 0 Å². The molecule has 26 heavy (non-hydrogen) atoms. The van der Waals surface area contributed by atoms with Crippen LogP contribution in [0.1, 0.15) is 5.56 Å². The highest BCUT2D eigenvalue weighted by atomic mass is 19.1. The highest BCUT2D eigenvalue weighted by molar-refractivity contribution is 5.90. The lowest BCUT2D eigenvalue weighted by Crippen LogP contribution is -2.44. The second-order valence-electron chi connectivity index (χ2n) is 6.32. The number of nitrogens with one attached hydrogen (secondary N) is 2. The third-order valence-corrected chi connectivity index (χ3v) is 4.35. The molecule has 0 unspecified atom stereocenters. The van der Waals surface area contributed by atoms with Crippen LogP contribution in [0.5, 0.6) is 0 Å². The fourth-order valence-electron chi connectivity index (χ4n) is 2.77. The summed E-state index contributed by atoms with van der Waals surface area (Å²) in [6, 6.07) is 13.6. The molecular weight excluding hydrogens is 331 g/mol. The van der Waals surface area contributed by atoms with Gasteiger partial charge in [0.2, 0.25) is 0 Å². The fraction of sp³-hybridized carbons (Fsp3) is 0.250. The summed E-state index contributed by atoms with van der Waals surface area (Å²) in [4.78, 5) is 16.6. The normalized spacial score (nSPS) is 15.2. The second-order valence-corrected chi connectivity index (χ2v) is 6.32. The molecule has 2 aromatic carbocycles. The van der Waals surface area contributed by atoms with Crippen molar-refractivity contribution in [2.24, 2.45) is 0 Å². The molecule has 0 atom stereocenters. The summed E-state index contributed by atoms with van der Waals surface area (Å²) >= 11 is 0. The van der Waals surface area contributed by atoms with E-state index in [9.17, 15) is 9.18 Å². The summed E-state index contributed by atoms with van der Waals surface area (Å²) in [5.41, 5.74) is 2.71. The molecule has 0 aromatic heterocycles. The van der Waals surface area contributed by atoms with Crippen LogP contribution in [0.15, 0.2) is 54.7 Å². The highest BCUT2D eigenvalue weighted by Gasteiger charge is 2.14. The Morgan fingerprint density at radius 1 is 1.00 bits per heavy atom. The number of urea groups is 1. The van der Waals surface area contributed by atoms with Gasteiger partial charge in [0.05, 0.1) is 0 Å². The molecule has 0 radical (unpaired) electrons. The maximum Gasteiger partial charge on any atom is 0.323 e. The van der Waals surface area contributed by atoms with Gasteiger partial charge in [-0.1, -0.05) is 12.1 Å². The predicted molar refractivity (Wildman–Crippen MR) is 104 cm³/mol. The standard InChI is InChI=1S/C20H23FN4O/c1-24-12-14-25(15-13-24)19-8-6-18(7-9-19)23-20(26)22-11-10-16-2-4-17(21)5-3-16/h2-11H,12-15H2,1H3,(H2,22,23,26)/b11-10+. The minimum Gasteiger partial charge on any atom is -0.369 e. The molecule has 2 N–H and O–H groups in total. The van der Waals surface area contributed by atoms with Gasteiger partial charge in [0.1, 0.15) is 5.82 Å². The van der Waals surface area contributed by atoms with Gasteiger partial charge in [0, 0.05) is 43.8 Å². The number of carbonyl (C=O) groups excluding carboxylic acids is 1. The molecule has 1 saturated heterocycles. The minimum absolute atomic E-state index is 0.284. The zero-order valence-corrected chi connectivity index (χ0v) is 14.8. The lowest BCUT2D eigenvalue weighted by Gasteiger charge is -2.34. The first-order chi connectivity index (χ1) is 12.6. The van der Waals surface area contributed by atoms with Crippen LogP contribution in [-0.2, 0) is 0 Å². The second kappa shape index (κ2) is 8.49. The number of carbonyl (C=O) groups is 1. The van der Waals surface area contributed by atoms with Gasteiger partial charge in [0.25, 0.3) is 0 Å². The first-order valence-electron chi connectivity index (χ1n) is 8.63. The van der Waals surface area contributed by atoms with E-state index >= 15 is 0 Å². The third kappa shape index (κ3) is 5.07. The van der Waals surface area contributed by atoms with Crippen molar-refractivity contribution in [1.82, 2.24) is 10.2 Å². The van der Waals surface area contributed by atoms with Gasteiger partial charge < -0.3 is 20.4 Å². The number of hydrogen-bond donors (Lipinski definition) is 2. The van der Waals surface area contributed by atoms with E-state index in [0.717, 1.165) is 37.4 Å². The van der Waals surface area contributed by atoms with Crippen molar-refractivity contribution in [3.8, 4) is 0 Å². The molecule has 1 fully saturated rings. The number of piperazine rings is 1. The summed E-state index contributed by atoms with van der Waals surface area (Å²) in [6.07, 6.45) is 3.23. The van der Waals surface area contributed by atoms with Crippen LogP contribution in [0.25, 0.3) is 6.08 Å². The number of benzene rings is 2. The maximum absolute atomic E-state index is 12.8. The SMILES string of the molecule is CN1CCN(c2ccc(NC(=O)N/C=C/c3ccc(F)cc3)cc2)CC1. The van der Waals surface area contributed by atoms with Gasteiger partial charge in [-0.15, -0.1) is 0 Å². The summed E-state index contributed by atoms with van der Waals surface area (Å²) < 4.78 is 12.8. The van der Waals surface area contributed by atoms with Gasteiger partial charge in [-0.2, -0.15) is 0 Å². The third-order valence-electron chi connectivity index (χ3n) is 4.35. The van der Waals surface area contributed by atoms with Crippen molar-refractivity contribution in [3.05, 3.63) is 66.1 Å². The largest absolute Gasteiger partial charge is 0.369 e. The molecule has 2 amide bonds. The van der Waals surface area contributed by atoms with E-state index in [1.807, 2.05) is 24.3 Å². The molecule has 1 aliphatic rings. The Hall–Kier alpha value is -2.86. The lowest BCUT2D eigenvalue weighted by molar-refractivity contribution is 0.255. The van der Waals surface area contributed by atoms with Gasteiger partial charge in [-0.3, -0.25) is 0 Å². The van der Waals surface area contributed by atoms with Crippen molar-refractivity contribution in [1.29, 1.82) is 0 Å². The van der Waals surface area contributed by atoms with Gasteiger partial charge in [-0.05, 0) is 55.1 Å². The first-order valence-corrected chi connectivity index (χ1v) is 8.63. The van der Waals surface area contributed by atoms with Crippen LogP contribution >= 0.6 is 0 Å². The zero-order chi connectivity index (χ0) is 18.4. The van der Waals surface area contributed by atoms with Gasteiger partial charge in [-0.25, -0.2) is 9.18 Å². The van der Waals surface area contributed by atoms with Crippen LogP contribution in [0.3, 0.4) is 0 Å². The average Bonchev–Trinajstić information content (AvgIpc) is 2.65. The molecular formula is C20H23FN4O. The van der Waals surface area contributed by atoms with Crippen molar-refractivity contribution in [2.45, 2.75) is 0 Å². The molecule has 136 valence electrons. The summed E-state index contributed by atoms with van der Waals surface area (Å²) in [7, 11) is 2.13. The topological polar surface area (TPSA) is 47.6 Å². The van der Waals surface area contributed by atoms with Crippen LogP contribution in [-0.4, -0.2) is 44.2 Å². The number of amides is 2. The van der Waals surface area contributed by atoms with E-state index in [1.54, 1.807) is 18.2 Å². The Labute approximate surface area is 153 Å². The van der Waals surface area contributed by atoms with Crippen molar-refractivity contribution in [2.75, 3.05) is 43.4 Å². The number of nitrogens with zero attached hydrogens (tertiary/aromatic N) is 2. The molecule has 1 heterocycles. The molecule has 0 spiro atoms. The number of rotatable bonds is 4. The summed E-state index contributed by atoms with van der Waals surface area (Å²) in [5.74, 6) is -0.284. The number of likely N-dealkylation sites (N-methyl/N-ethyl adjacent to an activating group) is 1. The van der Waals surface area contributed by atoms with Crippen LogP contribution < -0.4 is 15.5 Å². The predicted octanol–water partition coefficient (Wildman–Crippen LogP) is 3.37. The Kier molecular flexibility index (Phi) is 5.86. The van der Waals surface area contributed by atoms with Crippen LogP contribution in [0.4, 0.5) is 20.6 Å². The lowest BCUT2D eigenvalue weighted by atomic mass is 10.2.